The van der Waals surface area contributed by atoms with E-state index in [4.69, 9.17) is 14.0 Å². The highest BCUT2D eigenvalue weighted by Crippen LogP contribution is 2.37. The summed E-state index contributed by atoms with van der Waals surface area (Å²) in [6, 6.07) is 17.4. The SMILES string of the molecule is CC1(C)OB(c2ccc(C#N)cc2OCc2ccccc2)OC1(C)C. The van der Waals surface area contributed by atoms with Gasteiger partial charge in [0.25, 0.3) is 0 Å². The summed E-state index contributed by atoms with van der Waals surface area (Å²) in [6.07, 6.45) is 0. The van der Waals surface area contributed by atoms with E-state index in [1.54, 1.807) is 12.1 Å². The minimum Gasteiger partial charge on any atom is -0.489 e. The third-order valence-electron chi connectivity index (χ3n) is 4.89. The Morgan fingerprint density at radius 1 is 1.00 bits per heavy atom. The van der Waals surface area contributed by atoms with Crippen molar-refractivity contribution in [2.24, 2.45) is 0 Å². The highest BCUT2D eigenvalue weighted by Gasteiger charge is 2.52. The van der Waals surface area contributed by atoms with E-state index < -0.39 is 18.3 Å². The fourth-order valence-corrected chi connectivity index (χ4v) is 2.63. The summed E-state index contributed by atoms with van der Waals surface area (Å²) in [6.45, 7) is 8.48. The summed E-state index contributed by atoms with van der Waals surface area (Å²) in [5.74, 6) is 0.612. The molecule has 1 heterocycles. The summed E-state index contributed by atoms with van der Waals surface area (Å²) in [7, 11) is -0.525. The van der Waals surface area contributed by atoms with Crippen LogP contribution in [-0.2, 0) is 15.9 Å². The number of nitriles is 1. The van der Waals surface area contributed by atoms with Crippen LogP contribution in [0.25, 0.3) is 0 Å². The molecule has 1 aliphatic heterocycles. The highest BCUT2D eigenvalue weighted by molar-refractivity contribution is 6.63. The topological polar surface area (TPSA) is 51.5 Å². The number of hydrogen-bond acceptors (Lipinski definition) is 4. The zero-order chi connectivity index (χ0) is 18.1. The van der Waals surface area contributed by atoms with Crippen molar-refractivity contribution >= 4 is 12.6 Å². The molecule has 3 rings (SSSR count). The zero-order valence-electron chi connectivity index (χ0n) is 15.1. The molecule has 2 aromatic carbocycles. The van der Waals surface area contributed by atoms with Gasteiger partial charge in [0, 0.05) is 5.46 Å². The summed E-state index contributed by atoms with van der Waals surface area (Å²) in [5.41, 5.74) is 1.55. The van der Waals surface area contributed by atoms with Gasteiger partial charge >= 0.3 is 7.12 Å². The Kier molecular flexibility index (Phi) is 4.59. The molecule has 0 aromatic heterocycles. The quantitative estimate of drug-likeness (QED) is 0.803. The zero-order valence-corrected chi connectivity index (χ0v) is 15.1. The van der Waals surface area contributed by atoms with Crippen LogP contribution < -0.4 is 10.2 Å². The predicted molar refractivity (Wildman–Crippen MR) is 97.6 cm³/mol. The van der Waals surface area contributed by atoms with E-state index >= 15 is 0 Å². The lowest BCUT2D eigenvalue weighted by Gasteiger charge is -2.32. The Morgan fingerprint density at radius 3 is 2.24 bits per heavy atom. The van der Waals surface area contributed by atoms with Crippen molar-refractivity contribution < 1.29 is 14.0 Å². The molecule has 0 N–H and O–H groups in total. The van der Waals surface area contributed by atoms with E-state index in [1.165, 1.54) is 0 Å². The van der Waals surface area contributed by atoms with Crippen LogP contribution in [0.4, 0.5) is 0 Å². The third-order valence-corrected chi connectivity index (χ3v) is 4.89. The van der Waals surface area contributed by atoms with Crippen LogP contribution >= 0.6 is 0 Å². The van der Waals surface area contributed by atoms with Gasteiger partial charge in [0.05, 0.1) is 22.8 Å². The molecule has 128 valence electrons. The first-order valence-electron chi connectivity index (χ1n) is 8.39. The van der Waals surface area contributed by atoms with Crippen LogP contribution in [0.3, 0.4) is 0 Å². The smallest absolute Gasteiger partial charge is 0.489 e. The maximum Gasteiger partial charge on any atom is 0.498 e. The molecule has 0 saturated carbocycles. The standard InChI is InChI=1S/C20H22BNO3/c1-19(2)20(3,4)25-21(24-19)17-11-10-16(13-22)12-18(17)23-14-15-8-6-5-7-9-15/h5-12H,14H2,1-4H3. The molecule has 0 amide bonds. The van der Waals surface area contributed by atoms with E-state index in [2.05, 4.69) is 6.07 Å². The lowest BCUT2D eigenvalue weighted by atomic mass is 9.78. The van der Waals surface area contributed by atoms with E-state index in [9.17, 15) is 5.26 Å². The summed E-state index contributed by atoms with van der Waals surface area (Å²) < 4.78 is 18.3. The molecule has 1 fully saturated rings. The Balaban J connectivity index is 1.88. The molecule has 0 aliphatic carbocycles. The molecule has 0 spiro atoms. The summed E-state index contributed by atoms with van der Waals surface area (Å²) >= 11 is 0. The molecule has 0 bridgehead atoms. The second-order valence-corrected chi connectivity index (χ2v) is 7.23. The highest BCUT2D eigenvalue weighted by atomic mass is 16.7. The maximum atomic E-state index is 9.20. The lowest BCUT2D eigenvalue weighted by Crippen LogP contribution is -2.41. The first kappa shape index (κ1) is 17.5. The Hall–Kier alpha value is -2.29. The van der Waals surface area contributed by atoms with Crippen LogP contribution in [0.1, 0.15) is 38.8 Å². The number of nitrogens with zero attached hydrogens (tertiary/aromatic N) is 1. The molecule has 0 radical (unpaired) electrons. The minimum absolute atomic E-state index is 0.419. The van der Waals surface area contributed by atoms with E-state index in [0.717, 1.165) is 11.0 Å². The predicted octanol–water partition coefficient (Wildman–Crippen LogP) is 3.44. The van der Waals surface area contributed by atoms with Crippen LogP contribution in [0.15, 0.2) is 48.5 Å². The van der Waals surface area contributed by atoms with Crippen LogP contribution in [0, 0.1) is 11.3 Å². The molecule has 4 nitrogen and oxygen atoms in total. The second-order valence-electron chi connectivity index (χ2n) is 7.23. The van der Waals surface area contributed by atoms with E-state index in [-0.39, 0.29) is 0 Å². The number of ether oxygens (including phenoxy) is 1. The third kappa shape index (κ3) is 3.56. The van der Waals surface area contributed by atoms with Gasteiger partial charge in [-0.25, -0.2) is 0 Å². The van der Waals surface area contributed by atoms with Crippen LogP contribution in [-0.4, -0.2) is 18.3 Å². The van der Waals surface area contributed by atoms with E-state index in [0.29, 0.717) is 17.9 Å². The monoisotopic (exact) mass is 335 g/mol. The molecule has 5 heteroatoms. The van der Waals surface area contributed by atoms with Gasteiger partial charge in [-0.2, -0.15) is 5.26 Å². The Bertz CT molecular complexity index is 780. The van der Waals surface area contributed by atoms with Gasteiger partial charge in [0.2, 0.25) is 0 Å². The molecule has 1 saturated heterocycles. The number of benzene rings is 2. The van der Waals surface area contributed by atoms with Gasteiger partial charge in [-0.3, -0.25) is 0 Å². The van der Waals surface area contributed by atoms with Crippen molar-refractivity contribution in [2.45, 2.75) is 45.5 Å². The van der Waals surface area contributed by atoms with Crippen molar-refractivity contribution in [2.75, 3.05) is 0 Å². The van der Waals surface area contributed by atoms with Crippen LogP contribution in [0.2, 0.25) is 0 Å². The Labute approximate surface area is 149 Å². The van der Waals surface area contributed by atoms with Crippen molar-refractivity contribution in [1.82, 2.24) is 0 Å². The molecular formula is C20H22BNO3. The van der Waals surface area contributed by atoms with Crippen molar-refractivity contribution in [1.29, 1.82) is 5.26 Å². The van der Waals surface area contributed by atoms with Gasteiger partial charge in [-0.15, -0.1) is 0 Å². The first-order chi connectivity index (χ1) is 11.8. The largest absolute Gasteiger partial charge is 0.498 e. The first-order valence-corrected chi connectivity index (χ1v) is 8.39. The number of rotatable bonds is 4. The normalized spacial score (nSPS) is 18.0. The average molecular weight is 335 g/mol. The molecule has 0 atom stereocenters. The second kappa shape index (κ2) is 6.55. The molecule has 1 aliphatic rings. The van der Waals surface area contributed by atoms with Gasteiger partial charge in [0.1, 0.15) is 12.4 Å². The fourth-order valence-electron chi connectivity index (χ4n) is 2.63. The molecule has 0 unspecified atom stereocenters. The van der Waals surface area contributed by atoms with Crippen molar-refractivity contribution in [3.63, 3.8) is 0 Å². The molecular weight excluding hydrogens is 313 g/mol. The fraction of sp³-hybridized carbons (Fsp3) is 0.350. The van der Waals surface area contributed by atoms with Gasteiger partial charge < -0.3 is 14.0 Å². The van der Waals surface area contributed by atoms with Crippen LogP contribution in [0.5, 0.6) is 5.75 Å². The summed E-state index contributed by atoms with van der Waals surface area (Å²) in [4.78, 5) is 0. The van der Waals surface area contributed by atoms with Gasteiger partial charge in [0.15, 0.2) is 0 Å². The number of hydrogen-bond donors (Lipinski definition) is 0. The van der Waals surface area contributed by atoms with Gasteiger partial charge in [-0.05, 0) is 45.4 Å². The van der Waals surface area contributed by atoms with Crippen molar-refractivity contribution in [3.8, 4) is 11.8 Å². The van der Waals surface area contributed by atoms with E-state index in [1.807, 2.05) is 64.1 Å². The van der Waals surface area contributed by atoms with Gasteiger partial charge in [-0.1, -0.05) is 36.4 Å². The average Bonchev–Trinajstić information content (AvgIpc) is 2.81. The minimum atomic E-state index is -0.525. The lowest BCUT2D eigenvalue weighted by molar-refractivity contribution is 0.00578. The molecule has 2 aromatic rings. The summed E-state index contributed by atoms with van der Waals surface area (Å²) in [5, 5.41) is 9.20. The van der Waals surface area contributed by atoms with Crippen molar-refractivity contribution in [3.05, 3.63) is 59.7 Å². The Morgan fingerprint density at radius 2 is 1.64 bits per heavy atom. The maximum absolute atomic E-state index is 9.20. The molecule has 25 heavy (non-hydrogen) atoms.